The predicted molar refractivity (Wildman–Crippen MR) is 81.4 cm³/mol. The largest absolute Gasteiger partial charge is 0.248 e. The van der Waals surface area contributed by atoms with Gasteiger partial charge in [-0.15, -0.1) is 0 Å². The van der Waals surface area contributed by atoms with Crippen molar-refractivity contribution in [1.82, 2.24) is 0 Å². The molecule has 0 radical (unpaired) electrons. The van der Waals surface area contributed by atoms with E-state index in [4.69, 9.17) is 22.4 Å². The first-order chi connectivity index (χ1) is 8.20. The molecule has 0 aliphatic carbocycles. The molecule has 1 aliphatic rings. The Morgan fingerprint density at radius 1 is 0.765 bits per heavy atom. The minimum Gasteiger partial charge on any atom is -0.248 e. The van der Waals surface area contributed by atoms with Crippen LogP contribution in [0.25, 0.3) is 0 Å². The molecule has 0 fully saturated rings. The number of fused-ring (bicyclic) bond motifs is 1. The lowest BCUT2D eigenvalue weighted by atomic mass is 10.3. The number of nitrogens with zero attached hydrogens (tertiary/aromatic N) is 1. The Bertz CT molecular complexity index is 589. The van der Waals surface area contributed by atoms with Gasteiger partial charge in [0.05, 0.1) is 11.2 Å². The number of para-hydroxylation sites is 1. The lowest BCUT2D eigenvalue weighted by Gasteiger charge is -1.97. The number of benzene rings is 2. The third-order valence-electron chi connectivity index (χ3n) is 2.17. The Morgan fingerprint density at radius 2 is 1.29 bits per heavy atom. The van der Waals surface area contributed by atoms with Crippen LogP contribution in [0.4, 0.5) is 5.69 Å². The van der Waals surface area contributed by atoms with Crippen LogP contribution in [0.3, 0.4) is 0 Å². The Balaban J connectivity index is 0.000000153. The van der Waals surface area contributed by atoms with Gasteiger partial charge in [-0.25, -0.2) is 4.99 Å². The molecule has 0 atom stereocenters. The highest BCUT2D eigenvalue weighted by Gasteiger charge is 2.13. The summed E-state index contributed by atoms with van der Waals surface area (Å²) in [5, 5.41) is 0. The Morgan fingerprint density at radius 3 is 1.82 bits per heavy atom. The van der Waals surface area contributed by atoms with Crippen molar-refractivity contribution in [3.8, 4) is 0 Å². The van der Waals surface area contributed by atoms with Crippen LogP contribution in [-0.4, -0.2) is 5.55 Å². The highest BCUT2D eigenvalue weighted by molar-refractivity contribution is 8.62. The van der Waals surface area contributed by atoms with Gasteiger partial charge < -0.3 is 0 Å². The second-order valence-electron chi connectivity index (χ2n) is 3.40. The third-order valence-corrected chi connectivity index (χ3v) is 5.10. The zero-order chi connectivity index (χ0) is 12.1. The van der Waals surface area contributed by atoms with E-state index in [0.29, 0.717) is 0 Å². The predicted octanol–water partition coefficient (Wildman–Crippen LogP) is 3.48. The van der Waals surface area contributed by atoms with Crippen LogP contribution < -0.4 is 0 Å². The minimum atomic E-state index is -1.53. The zero-order valence-corrected chi connectivity index (χ0v) is 11.5. The van der Waals surface area contributed by atoms with Crippen molar-refractivity contribution < 1.29 is 0 Å². The third kappa shape index (κ3) is 3.19. The maximum atomic E-state index is 5.21. The Kier molecular flexibility index (Phi) is 3.99. The smallest absolute Gasteiger partial charge is 0.0781 e. The van der Waals surface area contributed by atoms with E-state index < -0.39 is 7.15 Å². The van der Waals surface area contributed by atoms with Gasteiger partial charge in [-0.1, -0.05) is 48.5 Å². The van der Waals surface area contributed by atoms with E-state index in [1.165, 1.54) is 0 Å². The monoisotopic (exact) mass is 277 g/mol. The molecular weight excluding hydrogens is 266 g/mol. The molecule has 86 valence electrons. The molecule has 2 aromatic rings. The van der Waals surface area contributed by atoms with E-state index in [1.807, 2.05) is 60.7 Å². The summed E-state index contributed by atoms with van der Waals surface area (Å²) in [4.78, 5) is 5.20. The molecular formula is C13H11NS3. The van der Waals surface area contributed by atoms with Gasteiger partial charge in [-0.2, -0.15) is 0 Å². The average molecular weight is 277 g/mol. The SMILES string of the molecule is S=S1(=S)C=Nc2ccccc21.c1ccccc1. The normalized spacial score (nSPS) is 14.6. The van der Waals surface area contributed by atoms with Gasteiger partial charge in [0.15, 0.2) is 0 Å². The van der Waals surface area contributed by atoms with Crippen molar-refractivity contribution in [2.45, 2.75) is 4.90 Å². The number of hydrogen-bond donors (Lipinski definition) is 0. The molecule has 3 rings (SSSR count). The van der Waals surface area contributed by atoms with Crippen molar-refractivity contribution in [3.63, 3.8) is 0 Å². The molecule has 0 amide bonds. The maximum Gasteiger partial charge on any atom is 0.0781 e. The first-order valence-corrected chi connectivity index (χ1v) is 8.63. The molecule has 1 nitrogen and oxygen atoms in total. The van der Waals surface area contributed by atoms with E-state index in [0.717, 1.165) is 10.6 Å². The van der Waals surface area contributed by atoms with Crippen molar-refractivity contribution in [1.29, 1.82) is 0 Å². The van der Waals surface area contributed by atoms with Gasteiger partial charge in [0.1, 0.15) is 0 Å². The van der Waals surface area contributed by atoms with Crippen LogP contribution in [0, 0.1) is 0 Å². The Labute approximate surface area is 111 Å². The lowest BCUT2D eigenvalue weighted by molar-refractivity contribution is 1.41. The molecule has 0 saturated heterocycles. The van der Waals surface area contributed by atoms with Gasteiger partial charge in [-0.3, -0.25) is 0 Å². The molecule has 17 heavy (non-hydrogen) atoms. The molecule has 0 N–H and O–H groups in total. The summed E-state index contributed by atoms with van der Waals surface area (Å²) in [7, 11) is -1.53. The quantitative estimate of drug-likeness (QED) is 0.731. The molecule has 1 aliphatic heterocycles. The molecule has 0 aromatic heterocycles. The summed E-state index contributed by atoms with van der Waals surface area (Å²) in [6.45, 7) is 0. The molecule has 4 heteroatoms. The topological polar surface area (TPSA) is 12.4 Å². The number of hydrogen-bond acceptors (Lipinski definition) is 3. The summed E-state index contributed by atoms with van der Waals surface area (Å²) in [6, 6.07) is 19.8. The van der Waals surface area contributed by atoms with E-state index in [9.17, 15) is 0 Å². The van der Waals surface area contributed by atoms with Crippen LogP contribution >= 0.6 is 0 Å². The second kappa shape index (κ2) is 5.49. The summed E-state index contributed by atoms with van der Waals surface area (Å²) in [5.74, 6) is 0. The molecule has 0 saturated carbocycles. The van der Waals surface area contributed by atoms with E-state index in [1.54, 1.807) is 5.55 Å². The fraction of sp³-hybridized carbons (Fsp3) is 0. The fourth-order valence-corrected chi connectivity index (χ4v) is 3.52. The van der Waals surface area contributed by atoms with Gasteiger partial charge in [-0.05, 0) is 41.7 Å². The highest BCUT2D eigenvalue weighted by atomic mass is 33.1. The van der Waals surface area contributed by atoms with Crippen LogP contribution in [0.1, 0.15) is 0 Å². The number of rotatable bonds is 0. The Hall–Kier alpha value is -1.10. The summed E-state index contributed by atoms with van der Waals surface area (Å²) < 4.78 is 0. The van der Waals surface area contributed by atoms with Crippen LogP contribution in [-0.2, 0) is 29.5 Å². The maximum absolute atomic E-state index is 5.21. The summed E-state index contributed by atoms with van der Waals surface area (Å²) >= 11 is 10.4. The molecule has 0 spiro atoms. The van der Waals surface area contributed by atoms with Crippen LogP contribution in [0.5, 0.6) is 0 Å². The first kappa shape index (κ1) is 12.4. The van der Waals surface area contributed by atoms with E-state index in [-0.39, 0.29) is 0 Å². The zero-order valence-electron chi connectivity index (χ0n) is 9.02. The molecule has 1 heterocycles. The minimum absolute atomic E-state index is 0.951. The van der Waals surface area contributed by atoms with E-state index in [2.05, 4.69) is 4.99 Å². The van der Waals surface area contributed by atoms with Crippen molar-refractivity contribution >= 4 is 40.8 Å². The van der Waals surface area contributed by atoms with Gasteiger partial charge in [0.25, 0.3) is 0 Å². The second-order valence-corrected chi connectivity index (χ2v) is 8.93. The molecule has 0 unspecified atom stereocenters. The van der Waals surface area contributed by atoms with Crippen molar-refractivity contribution in [2.75, 3.05) is 0 Å². The van der Waals surface area contributed by atoms with E-state index >= 15 is 0 Å². The average Bonchev–Trinajstić information content (AvgIpc) is 2.69. The van der Waals surface area contributed by atoms with Gasteiger partial charge >= 0.3 is 0 Å². The summed E-state index contributed by atoms with van der Waals surface area (Å²) in [5.41, 5.74) is 2.68. The fourth-order valence-electron chi connectivity index (χ4n) is 1.37. The highest BCUT2D eigenvalue weighted by Crippen LogP contribution is 2.29. The standard InChI is InChI=1S/C7H5NS3.C6H6/c9-11(10)5-8-6-3-1-2-4-7(6)11;1-2-4-6-5-3-1/h1-5H;1-6H. The molecule has 2 aromatic carbocycles. The lowest BCUT2D eigenvalue weighted by Crippen LogP contribution is -1.90. The number of aliphatic imine (C=N–C) groups is 1. The van der Waals surface area contributed by atoms with Crippen molar-refractivity contribution in [3.05, 3.63) is 60.7 Å². The van der Waals surface area contributed by atoms with Crippen LogP contribution in [0.2, 0.25) is 0 Å². The first-order valence-electron chi connectivity index (χ1n) is 5.08. The van der Waals surface area contributed by atoms with Gasteiger partial charge in [0.2, 0.25) is 0 Å². The van der Waals surface area contributed by atoms with Gasteiger partial charge in [0, 0.05) is 4.90 Å². The molecule has 0 bridgehead atoms. The van der Waals surface area contributed by atoms with Crippen LogP contribution in [0.15, 0.2) is 70.6 Å². The summed E-state index contributed by atoms with van der Waals surface area (Å²) in [6.07, 6.45) is 0. The van der Waals surface area contributed by atoms with Crippen molar-refractivity contribution in [2.24, 2.45) is 4.99 Å².